The quantitative estimate of drug-likeness (QED) is 0.435. The number of nitrogens with zero attached hydrogens (tertiary/aromatic N) is 5. The topological polar surface area (TPSA) is 60.0 Å². The minimum atomic E-state index is -0.153. The standard InChI is InChI=1S/C21H24FN5OS/c1-14-18(28-13-23-14)19-24-25-20(26(19)2)29-9-3-8-27-11-16-10-21(16,12-27)15-4-6-17(22)7-5-15/h4-7,13,16H,3,8-12H2,1-2H3. The van der Waals surface area contributed by atoms with E-state index in [-0.39, 0.29) is 11.2 Å². The van der Waals surface area contributed by atoms with E-state index in [1.807, 2.05) is 30.7 Å². The molecule has 2 aliphatic rings. The SMILES string of the molecule is Cc1ncoc1-c1nnc(SCCCN2CC3CC3(c3ccc(F)cc3)C2)n1C. The summed E-state index contributed by atoms with van der Waals surface area (Å²) in [5, 5.41) is 9.46. The van der Waals surface area contributed by atoms with Crippen LogP contribution in [-0.2, 0) is 12.5 Å². The lowest BCUT2D eigenvalue weighted by molar-refractivity contribution is 0.299. The Balaban J connectivity index is 1.13. The van der Waals surface area contributed by atoms with E-state index in [4.69, 9.17) is 4.42 Å². The highest BCUT2D eigenvalue weighted by molar-refractivity contribution is 7.99. The van der Waals surface area contributed by atoms with Crippen molar-refractivity contribution in [3.63, 3.8) is 0 Å². The number of fused-ring (bicyclic) bond motifs is 1. The molecule has 1 saturated carbocycles. The first kappa shape index (κ1) is 18.8. The zero-order chi connectivity index (χ0) is 20.0. The number of aryl methyl sites for hydroxylation is 1. The number of halogens is 1. The van der Waals surface area contributed by atoms with Gasteiger partial charge in [0.2, 0.25) is 5.82 Å². The number of aromatic nitrogens is 4. The van der Waals surface area contributed by atoms with Gasteiger partial charge in [0.1, 0.15) is 5.82 Å². The third-order valence-corrected chi connectivity index (χ3v) is 7.38. The van der Waals surface area contributed by atoms with Crippen molar-refractivity contribution in [2.24, 2.45) is 13.0 Å². The zero-order valence-electron chi connectivity index (χ0n) is 16.6. The van der Waals surface area contributed by atoms with E-state index in [1.165, 1.54) is 18.4 Å². The Labute approximate surface area is 173 Å². The van der Waals surface area contributed by atoms with Gasteiger partial charge in [-0.15, -0.1) is 10.2 Å². The van der Waals surface area contributed by atoms with Crippen LogP contribution in [-0.4, -0.2) is 50.0 Å². The second kappa shape index (κ2) is 7.25. The summed E-state index contributed by atoms with van der Waals surface area (Å²) < 4.78 is 20.6. The van der Waals surface area contributed by atoms with Gasteiger partial charge < -0.3 is 13.9 Å². The van der Waals surface area contributed by atoms with Gasteiger partial charge in [-0.3, -0.25) is 0 Å². The molecule has 0 bridgehead atoms. The molecule has 3 aromatic rings. The minimum absolute atomic E-state index is 0.153. The molecule has 8 heteroatoms. The van der Waals surface area contributed by atoms with Crippen molar-refractivity contribution in [1.82, 2.24) is 24.6 Å². The summed E-state index contributed by atoms with van der Waals surface area (Å²) in [5.41, 5.74) is 2.39. The van der Waals surface area contributed by atoms with Crippen LogP contribution in [0.4, 0.5) is 4.39 Å². The maximum Gasteiger partial charge on any atom is 0.202 e. The van der Waals surface area contributed by atoms with Gasteiger partial charge >= 0.3 is 0 Å². The fraction of sp³-hybridized carbons (Fsp3) is 0.476. The van der Waals surface area contributed by atoms with E-state index in [1.54, 1.807) is 23.9 Å². The van der Waals surface area contributed by atoms with Gasteiger partial charge in [0.05, 0.1) is 5.69 Å². The highest BCUT2D eigenvalue weighted by Gasteiger charge is 2.60. The van der Waals surface area contributed by atoms with E-state index in [9.17, 15) is 4.39 Å². The van der Waals surface area contributed by atoms with Crippen molar-refractivity contribution < 1.29 is 8.81 Å². The number of rotatable bonds is 7. The lowest BCUT2D eigenvalue weighted by Crippen LogP contribution is -2.27. The van der Waals surface area contributed by atoms with Gasteiger partial charge in [0.25, 0.3) is 0 Å². The van der Waals surface area contributed by atoms with Crippen molar-refractivity contribution in [2.45, 2.75) is 30.3 Å². The van der Waals surface area contributed by atoms with E-state index < -0.39 is 0 Å². The molecular weight excluding hydrogens is 389 g/mol. The summed E-state index contributed by atoms with van der Waals surface area (Å²) in [6.45, 7) is 5.23. The van der Waals surface area contributed by atoms with Crippen LogP contribution >= 0.6 is 11.8 Å². The summed E-state index contributed by atoms with van der Waals surface area (Å²) in [6.07, 6.45) is 3.78. The summed E-state index contributed by atoms with van der Waals surface area (Å²) in [5.74, 6) is 2.95. The van der Waals surface area contributed by atoms with Crippen LogP contribution in [0.15, 0.2) is 40.2 Å². The molecule has 1 aromatic carbocycles. The maximum atomic E-state index is 13.2. The molecule has 2 aromatic heterocycles. The maximum absolute atomic E-state index is 13.2. The summed E-state index contributed by atoms with van der Waals surface area (Å²) in [7, 11) is 1.96. The highest BCUT2D eigenvalue weighted by Crippen LogP contribution is 2.58. The fourth-order valence-corrected chi connectivity index (χ4v) is 5.43. The monoisotopic (exact) mass is 413 g/mol. The number of thioether (sulfide) groups is 1. The summed E-state index contributed by atoms with van der Waals surface area (Å²) in [4.78, 5) is 6.68. The minimum Gasteiger partial charge on any atom is -0.440 e. The van der Waals surface area contributed by atoms with E-state index in [2.05, 4.69) is 20.1 Å². The Morgan fingerprint density at radius 3 is 2.86 bits per heavy atom. The molecule has 2 atom stereocenters. The Hall–Kier alpha value is -2.19. The molecule has 6 nitrogen and oxygen atoms in total. The van der Waals surface area contributed by atoms with E-state index in [0.29, 0.717) is 11.6 Å². The Morgan fingerprint density at radius 1 is 1.28 bits per heavy atom. The number of hydrogen-bond donors (Lipinski definition) is 0. The first-order valence-electron chi connectivity index (χ1n) is 9.98. The molecule has 3 heterocycles. The van der Waals surface area contributed by atoms with E-state index in [0.717, 1.165) is 48.6 Å². The predicted octanol–water partition coefficient (Wildman–Crippen LogP) is 3.67. The average molecular weight is 414 g/mol. The third kappa shape index (κ3) is 3.38. The predicted molar refractivity (Wildman–Crippen MR) is 109 cm³/mol. The normalized spacial score (nSPS) is 23.5. The molecule has 0 radical (unpaired) electrons. The number of likely N-dealkylation sites (tertiary alicyclic amines) is 1. The first-order valence-corrected chi connectivity index (χ1v) is 11.0. The summed E-state index contributed by atoms with van der Waals surface area (Å²) >= 11 is 1.72. The van der Waals surface area contributed by atoms with Gasteiger partial charge in [0, 0.05) is 31.3 Å². The van der Waals surface area contributed by atoms with Crippen molar-refractivity contribution in [3.8, 4) is 11.6 Å². The van der Waals surface area contributed by atoms with Crippen molar-refractivity contribution in [3.05, 3.63) is 47.7 Å². The second-order valence-corrected chi connectivity index (χ2v) is 9.20. The highest BCUT2D eigenvalue weighted by atomic mass is 32.2. The summed E-state index contributed by atoms with van der Waals surface area (Å²) in [6, 6.07) is 7.12. The molecular formula is C21H24FN5OS. The first-order chi connectivity index (χ1) is 14.1. The van der Waals surface area contributed by atoms with Crippen molar-refractivity contribution in [2.75, 3.05) is 25.4 Å². The Morgan fingerprint density at radius 2 is 2.10 bits per heavy atom. The third-order valence-electron chi connectivity index (χ3n) is 6.27. The largest absolute Gasteiger partial charge is 0.440 e. The van der Waals surface area contributed by atoms with Crippen LogP contribution < -0.4 is 0 Å². The van der Waals surface area contributed by atoms with Crippen LogP contribution in [0, 0.1) is 18.7 Å². The van der Waals surface area contributed by atoms with Crippen LogP contribution in [0.25, 0.3) is 11.6 Å². The van der Waals surface area contributed by atoms with Gasteiger partial charge in [-0.25, -0.2) is 9.37 Å². The molecule has 0 N–H and O–H groups in total. The molecule has 5 rings (SSSR count). The zero-order valence-corrected chi connectivity index (χ0v) is 17.5. The van der Waals surface area contributed by atoms with Crippen molar-refractivity contribution >= 4 is 11.8 Å². The smallest absolute Gasteiger partial charge is 0.202 e. The van der Waals surface area contributed by atoms with Crippen LogP contribution in [0.3, 0.4) is 0 Å². The molecule has 2 fully saturated rings. The molecule has 1 saturated heterocycles. The number of benzene rings is 1. The lowest BCUT2D eigenvalue weighted by atomic mass is 9.95. The Bertz CT molecular complexity index is 1020. The average Bonchev–Trinajstić information content (AvgIpc) is 3.02. The Kier molecular flexibility index (Phi) is 4.70. The van der Waals surface area contributed by atoms with Gasteiger partial charge in [-0.2, -0.15) is 0 Å². The molecule has 152 valence electrons. The molecule has 0 spiro atoms. The lowest BCUT2D eigenvalue weighted by Gasteiger charge is -2.21. The van der Waals surface area contributed by atoms with Crippen molar-refractivity contribution in [1.29, 1.82) is 0 Å². The van der Waals surface area contributed by atoms with Gasteiger partial charge in [-0.1, -0.05) is 23.9 Å². The number of piperidine rings is 1. The second-order valence-electron chi connectivity index (χ2n) is 8.13. The number of oxazole rings is 1. The van der Waals surface area contributed by atoms with E-state index >= 15 is 0 Å². The van der Waals surface area contributed by atoms with Crippen LogP contribution in [0.2, 0.25) is 0 Å². The number of hydrogen-bond acceptors (Lipinski definition) is 6. The molecule has 29 heavy (non-hydrogen) atoms. The van der Waals surface area contributed by atoms with Gasteiger partial charge in [-0.05, 0) is 49.9 Å². The molecule has 1 aliphatic carbocycles. The fourth-order valence-electron chi connectivity index (χ4n) is 4.59. The van der Waals surface area contributed by atoms with Crippen LogP contribution in [0.1, 0.15) is 24.1 Å². The molecule has 1 aliphatic heterocycles. The molecule has 0 amide bonds. The molecule has 2 unspecified atom stereocenters. The van der Waals surface area contributed by atoms with Gasteiger partial charge in [0.15, 0.2) is 17.3 Å². The van der Waals surface area contributed by atoms with Crippen LogP contribution in [0.5, 0.6) is 0 Å².